The van der Waals surface area contributed by atoms with E-state index in [1.807, 2.05) is 0 Å². The fraction of sp³-hybridized carbons (Fsp3) is 0. The van der Waals surface area contributed by atoms with Gasteiger partial charge in [-0.3, -0.25) is 0 Å². The zero-order valence-electron chi connectivity index (χ0n) is 22.1. The second-order valence-corrected chi connectivity index (χ2v) is 10.3. The van der Waals surface area contributed by atoms with E-state index in [-0.39, 0.29) is 0 Å². The highest BCUT2D eigenvalue weighted by molar-refractivity contribution is 7.08. The van der Waals surface area contributed by atoms with Crippen LogP contribution in [0.1, 0.15) is 22.3 Å². The predicted molar refractivity (Wildman–Crippen MR) is 175 cm³/mol. The van der Waals surface area contributed by atoms with Crippen LogP contribution in [0.3, 0.4) is 0 Å². The molecule has 0 saturated heterocycles. The Balaban J connectivity index is 1.27. The second kappa shape index (κ2) is 12.3. The number of para-hydroxylation sites is 2. The van der Waals surface area contributed by atoms with Gasteiger partial charge in [-0.25, -0.2) is 0 Å². The second-order valence-electron chi connectivity index (χ2n) is 9.53. The summed E-state index contributed by atoms with van der Waals surface area (Å²) in [5, 5.41) is 4.28. The number of nitrogens with zero attached hydrogens (tertiary/aromatic N) is 1. The Morgan fingerprint density at radius 1 is 0.450 bits per heavy atom. The molecule has 40 heavy (non-hydrogen) atoms. The molecule has 0 aliphatic heterocycles. The topological polar surface area (TPSA) is 3.24 Å². The molecule has 0 saturated carbocycles. The Hall–Kier alpha value is -4.92. The van der Waals surface area contributed by atoms with Gasteiger partial charge in [0.2, 0.25) is 0 Å². The molecule has 0 aliphatic carbocycles. The monoisotopic (exact) mass is 531 g/mol. The van der Waals surface area contributed by atoms with Crippen LogP contribution >= 0.6 is 11.3 Å². The highest BCUT2D eigenvalue weighted by atomic mass is 32.1. The predicted octanol–water partition coefficient (Wildman–Crippen LogP) is 11.2. The van der Waals surface area contributed by atoms with E-state index in [0.717, 1.165) is 22.6 Å². The molecule has 0 bridgehead atoms. The van der Waals surface area contributed by atoms with Crippen LogP contribution in [0.4, 0.5) is 17.1 Å². The van der Waals surface area contributed by atoms with Crippen molar-refractivity contribution in [2.24, 2.45) is 0 Å². The van der Waals surface area contributed by atoms with Crippen LogP contribution in [0, 0.1) is 0 Å². The maximum Gasteiger partial charge on any atom is 0.0462 e. The Morgan fingerprint density at radius 2 is 1.00 bits per heavy atom. The largest absolute Gasteiger partial charge is 0.311 e. The lowest BCUT2D eigenvalue weighted by Crippen LogP contribution is -2.09. The molecule has 6 aromatic rings. The van der Waals surface area contributed by atoms with Crippen molar-refractivity contribution in [3.8, 4) is 11.1 Å². The average Bonchev–Trinajstić information content (AvgIpc) is 3.55. The summed E-state index contributed by atoms with van der Waals surface area (Å²) < 4.78 is 0. The Labute approximate surface area is 240 Å². The standard InChI is InChI=1S/C38H29NS/c1-4-10-33(11-5-1)38-28-31(18-22-34(38)23-19-32-26-27-40-29-32)17-16-30-20-24-37(25-21-30)39(35-12-6-2-7-13-35)36-14-8-3-9-15-36/h1-29H. The zero-order valence-corrected chi connectivity index (χ0v) is 22.9. The molecule has 0 spiro atoms. The minimum Gasteiger partial charge on any atom is -0.311 e. The van der Waals surface area contributed by atoms with Crippen molar-refractivity contribution in [3.63, 3.8) is 0 Å². The number of anilines is 3. The maximum atomic E-state index is 2.28. The summed E-state index contributed by atoms with van der Waals surface area (Å²) in [4.78, 5) is 2.28. The summed E-state index contributed by atoms with van der Waals surface area (Å²) in [5.74, 6) is 0. The van der Waals surface area contributed by atoms with Crippen LogP contribution in [0.15, 0.2) is 150 Å². The molecule has 1 nitrogen and oxygen atoms in total. The van der Waals surface area contributed by atoms with Crippen molar-refractivity contribution >= 4 is 52.7 Å². The molecule has 5 aromatic carbocycles. The Morgan fingerprint density at radius 3 is 1.62 bits per heavy atom. The molecule has 6 rings (SSSR count). The first kappa shape index (κ1) is 25.4. The lowest BCUT2D eigenvalue weighted by atomic mass is 9.96. The number of benzene rings is 5. The number of hydrogen-bond donors (Lipinski definition) is 0. The molecule has 0 fully saturated rings. The van der Waals surface area contributed by atoms with Crippen molar-refractivity contribution in [2.75, 3.05) is 4.90 Å². The van der Waals surface area contributed by atoms with Crippen LogP contribution < -0.4 is 4.90 Å². The van der Waals surface area contributed by atoms with Gasteiger partial charge >= 0.3 is 0 Å². The molecule has 0 radical (unpaired) electrons. The zero-order chi connectivity index (χ0) is 27.0. The summed E-state index contributed by atoms with van der Waals surface area (Å²) >= 11 is 1.72. The van der Waals surface area contributed by atoms with Gasteiger partial charge in [0, 0.05) is 17.1 Å². The third kappa shape index (κ3) is 6.04. The molecule has 2 heteroatoms. The van der Waals surface area contributed by atoms with Crippen molar-refractivity contribution < 1.29 is 0 Å². The number of hydrogen-bond acceptors (Lipinski definition) is 2. The van der Waals surface area contributed by atoms with Gasteiger partial charge in [0.15, 0.2) is 0 Å². The smallest absolute Gasteiger partial charge is 0.0462 e. The molecule has 0 N–H and O–H groups in total. The first-order chi connectivity index (χ1) is 19.8. The van der Waals surface area contributed by atoms with Gasteiger partial charge in [-0.15, -0.1) is 0 Å². The van der Waals surface area contributed by atoms with Gasteiger partial charge in [-0.2, -0.15) is 11.3 Å². The van der Waals surface area contributed by atoms with Crippen molar-refractivity contribution in [2.45, 2.75) is 0 Å². The quantitative estimate of drug-likeness (QED) is 0.177. The highest BCUT2D eigenvalue weighted by Gasteiger charge is 2.11. The Bertz CT molecular complexity index is 1660. The lowest BCUT2D eigenvalue weighted by Gasteiger charge is -2.25. The third-order valence-corrected chi connectivity index (χ3v) is 7.51. The SMILES string of the molecule is C(=Cc1ccc(C=Cc2ccsc2)c(-c2ccccc2)c1)c1ccc(N(c2ccccc2)c2ccccc2)cc1. The minimum absolute atomic E-state index is 1.13. The van der Waals surface area contributed by atoms with E-state index >= 15 is 0 Å². The molecule has 0 atom stereocenters. The van der Waals surface area contributed by atoms with Crippen molar-refractivity contribution in [1.29, 1.82) is 0 Å². The summed E-state index contributed by atoms with van der Waals surface area (Å²) in [6.45, 7) is 0. The number of thiophene rings is 1. The van der Waals surface area contributed by atoms with Crippen molar-refractivity contribution in [3.05, 3.63) is 173 Å². The number of rotatable bonds is 8. The van der Waals surface area contributed by atoms with E-state index in [2.05, 4.69) is 179 Å². The van der Waals surface area contributed by atoms with Gasteiger partial charge < -0.3 is 4.90 Å². The molecule has 0 aliphatic rings. The molecular formula is C38H29NS. The van der Waals surface area contributed by atoms with Crippen LogP contribution in [-0.4, -0.2) is 0 Å². The fourth-order valence-corrected chi connectivity index (χ4v) is 5.40. The summed E-state index contributed by atoms with van der Waals surface area (Å²) in [5.41, 5.74) is 10.6. The van der Waals surface area contributed by atoms with E-state index < -0.39 is 0 Å². The van der Waals surface area contributed by atoms with E-state index in [1.165, 1.54) is 27.8 Å². The first-order valence-electron chi connectivity index (χ1n) is 13.4. The summed E-state index contributed by atoms with van der Waals surface area (Å²) in [6.07, 6.45) is 8.77. The van der Waals surface area contributed by atoms with Gasteiger partial charge in [0.25, 0.3) is 0 Å². The van der Waals surface area contributed by atoms with Gasteiger partial charge in [-0.1, -0.05) is 115 Å². The molecule has 0 amide bonds. The maximum absolute atomic E-state index is 2.28. The average molecular weight is 532 g/mol. The fourth-order valence-electron chi connectivity index (χ4n) is 4.77. The Kier molecular flexibility index (Phi) is 7.79. The van der Waals surface area contributed by atoms with Crippen LogP contribution in [0.25, 0.3) is 35.4 Å². The van der Waals surface area contributed by atoms with E-state index in [0.29, 0.717) is 0 Å². The molecule has 192 valence electrons. The minimum atomic E-state index is 1.13. The van der Waals surface area contributed by atoms with E-state index in [9.17, 15) is 0 Å². The summed E-state index contributed by atoms with van der Waals surface area (Å²) in [7, 11) is 0. The van der Waals surface area contributed by atoms with E-state index in [1.54, 1.807) is 11.3 Å². The molecular weight excluding hydrogens is 502 g/mol. The molecule has 0 unspecified atom stereocenters. The summed E-state index contributed by atoms with van der Waals surface area (Å²) in [6, 6.07) is 49.2. The van der Waals surface area contributed by atoms with Crippen LogP contribution in [0.2, 0.25) is 0 Å². The normalized spacial score (nSPS) is 11.3. The first-order valence-corrected chi connectivity index (χ1v) is 14.4. The van der Waals surface area contributed by atoms with Gasteiger partial charge in [0.05, 0.1) is 0 Å². The van der Waals surface area contributed by atoms with Gasteiger partial charge in [0.1, 0.15) is 0 Å². The van der Waals surface area contributed by atoms with Crippen LogP contribution in [-0.2, 0) is 0 Å². The van der Waals surface area contributed by atoms with Crippen LogP contribution in [0.5, 0.6) is 0 Å². The third-order valence-electron chi connectivity index (χ3n) is 6.81. The lowest BCUT2D eigenvalue weighted by molar-refractivity contribution is 1.28. The molecule has 1 heterocycles. The highest BCUT2D eigenvalue weighted by Crippen LogP contribution is 2.34. The van der Waals surface area contributed by atoms with Gasteiger partial charge in [-0.05, 0) is 92.7 Å². The van der Waals surface area contributed by atoms with Crippen molar-refractivity contribution in [1.82, 2.24) is 0 Å². The molecule has 1 aromatic heterocycles. The van der Waals surface area contributed by atoms with E-state index in [4.69, 9.17) is 0 Å².